The van der Waals surface area contributed by atoms with Gasteiger partial charge >= 0.3 is 6.03 Å². The molecule has 1 fully saturated rings. The Labute approximate surface area is 151 Å². The number of urea groups is 1. The van der Waals surface area contributed by atoms with Crippen LogP contribution in [0.4, 0.5) is 16.2 Å². The van der Waals surface area contributed by atoms with Crippen LogP contribution in [0.5, 0.6) is 11.5 Å². The Bertz CT molecular complexity index is 797. The zero-order chi connectivity index (χ0) is 18.5. The van der Waals surface area contributed by atoms with Crippen LogP contribution >= 0.6 is 0 Å². The molecule has 8 heteroatoms. The Morgan fingerprint density at radius 1 is 1.23 bits per heavy atom. The fraction of sp³-hybridized carbons (Fsp3) is 0.278. The van der Waals surface area contributed by atoms with E-state index < -0.39 is 0 Å². The maximum absolute atomic E-state index is 12.4. The van der Waals surface area contributed by atoms with E-state index in [0.717, 1.165) is 0 Å². The number of pyridine rings is 1. The van der Waals surface area contributed by atoms with Gasteiger partial charge in [-0.3, -0.25) is 9.78 Å². The van der Waals surface area contributed by atoms with E-state index in [1.807, 2.05) is 0 Å². The highest BCUT2D eigenvalue weighted by Crippen LogP contribution is 2.33. The minimum atomic E-state index is -0.370. The van der Waals surface area contributed by atoms with Gasteiger partial charge < -0.3 is 25.0 Å². The van der Waals surface area contributed by atoms with E-state index in [0.29, 0.717) is 29.4 Å². The van der Waals surface area contributed by atoms with E-state index in [-0.39, 0.29) is 24.4 Å². The molecular formula is C18H20N4O4. The Morgan fingerprint density at radius 3 is 2.73 bits per heavy atom. The fourth-order valence-corrected chi connectivity index (χ4v) is 2.84. The van der Waals surface area contributed by atoms with Crippen molar-refractivity contribution in [1.82, 2.24) is 10.3 Å². The average molecular weight is 356 g/mol. The highest BCUT2D eigenvalue weighted by Gasteiger charge is 2.32. The van der Waals surface area contributed by atoms with Gasteiger partial charge in [-0.1, -0.05) is 0 Å². The number of carbonyl (C=O) groups is 2. The number of carbonyl (C=O) groups excluding carboxylic acids is 2. The van der Waals surface area contributed by atoms with Crippen LogP contribution in [-0.2, 0) is 4.79 Å². The number of hydrogen-bond acceptors (Lipinski definition) is 5. The number of aromatic nitrogens is 1. The molecule has 1 aliphatic heterocycles. The SMILES string of the molecule is COc1ccc(N2CC(NC(=O)Nc3cccnc3)CC2=O)cc1OC. The Balaban J connectivity index is 1.64. The zero-order valence-electron chi connectivity index (χ0n) is 14.6. The van der Waals surface area contributed by atoms with Crippen molar-refractivity contribution < 1.29 is 19.1 Å². The molecule has 2 heterocycles. The topological polar surface area (TPSA) is 92.8 Å². The van der Waals surface area contributed by atoms with Crippen LogP contribution in [0.15, 0.2) is 42.7 Å². The van der Waals surface area contributed by atoms with Gasteiger partial charge in [0.1, 0.15) is 0 Å². The van der Waals surface area contributed by atoms with E-state index in [1.54, 1.807) is 61.8 Å². The highest BCUT2D eigenvalue weighted by atomic mass is 16.5. The van der Waals surface area contributed by atoms with Crippen LogP contribution in [0.2, 0.25) is 0 Å². The maximum Gasteiger partial charge on any atom is 0.319 e. The number of hydrogen-bond donors (Lipinski definition) is 2. The van der Waals surface area contributed by atoms with E-state index >= 15 is 0 Å². The summed E-state index contributed by atoms with van der Waals surface area (Å²) in [5, 5.41) is 5.51. The number of ether oxygens (including phenoxy) is 2. The van der Waals surface area contributed by atoms with Crippen LogP contribution in [0.3, 0.4) is 0 Å². The molecule has 1 atom stereocenters. The van der Waals surface area contributed by atoms with E-state index in [1.165, 1.54) is 0 Å². The standard InChI is InChI=1S/C18H20N4O4/c1-25-15-6-5-14(9-16(15)26-2)22-11-13(8-17(22)23)21-18(24)20-12-4-3-7-19-10-12/h3-7,9-10,13H,8,11H2,1-2H3,(H2,20,21,24). The van der Waals surface area contributed by atoms with E-state index in [2.05, 4.69) is 15.6 Å². The molecule has 1 aliphatic rings. The minimum Gasteiger partial charge on any atom is -0.493 e. The molecule has 2 aromatic rings. The van der Waals surface area contributed by atoms with Crippen LogP contribution in [-0.4, -0.2) is 43.7 Å². The Kier molecular flexibility index (Phi) is 5.21. The summed E-state index contributed by atoms with van der Waals surface area (Å²) in [6.45, 7) is 0.384. The van der Waals surface area contributed by atoms with E-state index in [4.69, 9.17) is 9.47 Å². The minimum absolute atomic E-state index is 0.0658. The zero-order valence-corrected chi connectivity index (χ0v) is 14.6. The quantitative estimate of drug-likeness (QED) is 0.855. The third kappa shape index (κ3) is 3.85. The lowest BCUT2D eigenvalue weighted by atomic mass is 10.2. The molecule has 26 heavy (non-hydrogen) atoms. The molecule has 1 saturated heterocycles. The molecule has 1 aromatic heterocycles. The summed E-state index contributed by atoms with van der Waals surface area (Å²) in [6.07, 6.45) is 3.41. The molecule has 136 valence electrons. The lowest BCUT2D eigenvalue weighted by molar-refractivity contribution is -0.117. The van der Waals surface area contributed by atoms with Crippen molar-refractivity contribution in [2.75, 3.05) is 31.0 Å². The van der Waals surface area contributed by atoms with Gasteiger partial charge in [-0.05, 0) is 24.3 Å². The monoisotopic (exact) mass is 356 g/mol. The maximum atomic E-state index is 12.4. The van der Waals surface area contributed by atoms with Crippen LogP contribution < -0.4 is 25.0 Å². The fourth-order valence-electron chi connectivity index (χ4n) is 2.84. The molecule has 1 unspecified atom stereocenters. The van der Waals surface area contributed by atoms with Crippen molar-refractivity contribution in [1.29, 1.82) is 0 Å². The first kappa shape index (κ1) is 17.5. The summed E-state index contributed by atoms with van der Waals surface area (Å²) in [7, 11) is 3.10. The second kappa shape index (κ2) is 7.73. The van der Waals surface area contributed by atoms with Crippen LogP contribution in [0.25, 0.3) is 0 Å². The van der Waals surface area contributed by atoms with Gasteiger partial charge in [-0.2, -0.15) is 0 Å². The predicted molar refractivity (Wildman–Crippen MR) is 96.7 cm³/mol. The summed E-state index contributed by atoms with van der Waals surface area (Å²) in [5.41, 5.74) is 1.29. The number of anilines is 2. The lowest BCUT2D eigenvalue weighted by Gasteiger charge is -2.19. The summed E-state index contributed by atoms with van der Waals surface area (Å²) in [6, 6.07) is 8.09. The molecule has 0 aliphatic carbocycles. The van der Waals surface area contributed by atoms with Gasteiger partial charge in [0.25, 0.3) is 0 Å². The average Bonchev–Trinajstić information content (AvgIpc) is 3.01. The third-order valence-electron chi connectivity index (χ3n) is 4.06. The summed E-state index contributed by atoms with van der Waals surface area (Å²) >= 11 is 0. The number of nitrogens with one attached hydrogen (secondary N) is 2. The first-order valence-electron chi connectivity index (χ1n) is 8.10. The molecule has 1 aromatic carbocycles. The van der Waals surface area contributed by atoms with Gasteiger partial charge in [0.2, 0.25) is 5.91 Å². The molecule has 3 rings (SSSR count). The summed E-state index contributed by atoms with van der Waals surface area (Å²) in [5.74, 6) is 1.07. The normalized spacial score (nSPS) is 16.3. The summed E-state index contributed by atoms with van der Waals surface area (Å²) < 4.78 is 10.5. The molecule has 0 bridgehead atoms. The van der Waals surface area contributed by atoms with E-state index in [9.17, 15) is 9.59 Å². The molecule has 0 saturated carbocycles. The first-order chi connectivity index (χ1) is 12.6. The van der Waals surface area contributed by atoms with Crippen molar-refractivity contribution in [2.45, 2.75) is 12.5 Å². The van der Waals surface area contributed by atoms with Crippen molar-refractivity contribution >= 4 is 23.3 Å². The number of amides is 3. The molecular weight excluding hydrogens is 336 g/mol. The molecule has 2 N–H and O–H groups in total. The van der Waals surface area contributed by atoms with Crippen molar-refractivity contribution in [2.24, 2.45) is 0 Å². The van der Waals surface area contributed by atoms with Gasteiger partial charge in [0.15, 0.2) is 11.5 Å². The third-order valence-corrected chi connectivity index (χ3v) is 4.06. The largest absolute Gasteiger partial charge is 0.493 e. The predicted octanol–water partition coefficient (Wildman–Crippen LogP) is 2.03. The molecule has 0 spiro atoms. The van der Waals surface area contributed by atoms with Crippen LogP contribution in [0, 0.1) is 0 Å². The van der Waals surface area contributed by atoms with Gasteiger partial charge in [0.05, 0.1) is 32.1 Å². The Hall–Kier alpha value is -3.29. The van der Waals surface area contributed by atoms with Gasteiger partial charge in [0, 0.05) is 30.9 Å². The van der Waals surface area contributed by atoms with Crippen LogP contribution in [0.1, 0.15) is 6.42 Å². The van der Waals surface area contributed by atoms with Gasteiger partial charge in [-0.25, -0.2) is 4.79 Å². The van der Waals surface area contributed by atoms with Crippen molar-refractivity contribution in [3.63, 3.8) is 0 Å². The summed E-state index contributed by atoms with van der Waals surface area (Å²) in [4.78, 5) is 30.0. The smallest absolute Gasteiger partial charge is 0.319 e. The number of methoxy groups -OCH3 is 2. The molecule has 3 amide bonds. The number of nitrogens with zero attached hydrogens (tertiary/aromatic N) is 2. The molecule has 8 nitrogen and oxygen atoms in total. The van der Waals surface area contributed by atoms with Gasteiger partial charge in [-0.15, -0.1) is 0 Å². The second-order valence-electron chi connectivity index (χ2n) is 5.78. The lowest BCUT2D eigenvalue weighted by Crippen LogP contribution is -2.39. The number of benzene rings is 1. The van der Waals surface area contributed by atoms with Crippen molar-refractivity contribution in [3.05, 3.63) is 42.7 Å². The second-order valence-corrected chi connectivity index (χ2v) is 5.78. The van der Waals surface area contributed by atoms with Crippen molar-refractivity contribution in [3.8, 4) is 11.5 Å². The Morgan fingerprint density at radius 2 is 2.04 bits per heavy atom. The highest BCUT2D eigenvalue weighted by molar-refractivity contribution is 5.98. The first-order valence-corrected chi connectivity index (χ1v) is 8.10. The number of rotatable bonds is 5. The molecule has 0 radical (unpaired) electrons.